The molecule has 3 aromatic carbocycles. The van der Waals surface area contributed by atoms with Crippen molar-refractivity contribution >= 4 is 63.9 Å². The van der Waals surface area contributed by atoms with Crippen LogP contribution in [0.1, 0.15) is 23.6 Å². The van der Waals surface area contributed by atoms with Gasteiger partial charge in [-0.3, -0.25) is 14.4 Å². The quantitative estimate of drug-likeness (QED) is 0.451. The Hall–Kier alpha value is -3.26. The number of hydrogen-bond donors (Lipinski definition) is 1. The zero-order valence-electron chi connectivity index (χ0n) is 21.8. The summed E-state index contributed by atoms with van der Waals surface area (Å²) in [4.78, 5) is 46.0. The van der Waals surface area contributed by atoms with E-state index < -0.39 is 11.6 Å². The first-order chi connectivity index (χ1) is 19.2. The molecule has 3 aliphatic rings. The molecule has 1 saturated heterocycles. The number of hydrogen-bond acceptors (Lipinski definition) is 4. The SMILES string of the molecule is CC(=O)N1CCN(C(=O)C2Cc3ccc(Cl)cc3N2C2(Cc3cccc(Cl)c3)C(=O)Nc3cc(Cl)ccc32)CC1. The minimum Gasteiger partial charge on any atom is -0.340 e. The lowest BCUT2D eigenvalue weighted by Gasteiger charge is -2.44. The van der Waals surface area contributed by atoms with E-state index in [4.69, 9.17) is 34.8 Å². The van der Waals surface area contributed by atoms with Crippen LogP contribution in [-0.4, -0.2) is 59.7 Å². The predicted octanol–water partition coefficient (Wildman–Crippen LogP) is 5.16. The molecule has 0 spiro atoms. The maximum Gasteiger partial charge on any atom is 0.255 e. The van der Waals surface area contributed by atoms with Gasteiger partial charge in [0.05, 0.1) is 0 Å². The molecule has 3 aromatic rings. The van der Waals surface area contributed by atoms with Crippen LogP contribution in [-0.2, 0) is 32.8 Å². The third-order valence-electron chi connectivity index (χ3n) is 8.16. The molecule has 2 unspecified atom stereocenters. The smallest absolute Gasteiger partial charge is 0.255 e. The minimum atomic E-state index is -1.28. The van der Waals surface area contributed by atoms with Crippen LogP contribution >= 0.6 is 34.8 Å². The number of nitrogens with zero attached hydrogens (tertiary/aromatic N) is 3. The number of halogens is 3. The van der Waals surface area contributed by atoms with E-state index in [1.165, 1.54) is 0 Å². The summed E-state index contributed by atoms with van der Waals surface area (Å²) in [5.74, 6) is -0.344. The highest BCUT2D eigenvalue weighted by Crippen LogP contribution is 2.51. The topological polar surface area (TPSA) is 73.0 Å². The van der Waals surface area contributed by atoms with Crippen molar-refractivity contribution in [2.24, 2.45) is 0 Å². The number of rotatable bonds is 4. The highest BCUT2D eigenvalue weighted by molar-refractivity contribution is 6.31. The number of anilines is 2. The lowest BCUT2D eigenvalue weighted by atomic mass is 9.82. The molecule has 206 valence electrons. The van der Waals surface area contributed by atoms with Crippen LogP contribution in [0.4, 0.5) is 11.4 Å². The largest absolute Gasteiger partial charge is 0.340 e. The molecule has 2 atom stereocenters. The summed E-state index contributed by atoms with van der Waals surface area (Å²) in [6, 6.07) is 17.7. The average molecular weight is 598 g/mol. The molecular weight excluding hydrogens is 571 g/mol. The second kappa shape index (κ2) is 10.3. The number of amides is 3. The van der Waals surface area contributed by atoms with Gasteiger partial charge in [-0.1, -0.05) is 59.1 Å². The number of fused-ring (bicyclic) bond motifs is 2. The predicted molar refractivity (Wildman–Crippen MR) is 157 cm³/mol. The van der Waals surface area contributed by atoms with Gasteiger partial charge in [0, 0.05) is 78.0 Å². The van der Waals surface area contributed by atoms with Gasteiger partial charge in [-0.2, -0.15) is 0 Å². The number of piperazine rings is 1. The molecule has 0 aliphatic carbocycles. The van der Waals surface area contributed by atoms with Crippen molar-refractivity contribution in [2.45, 2.75) is 31.3 Å². The van der Waals surface area contributed by atoms with Crippen LogP contribution in [0.3, 0.4) is 0 Å². The zero-order chi connectivity index (χ0) is 28.2. The third kappa shape index (κ3) is 4.50. The monoisotopic (exact) mass is 596 g/mol. The first kappa shape index (κ1) is 26.9. The maximum absolute atomic E-state index is 14.3. The first-order valence-electron chi connectivity index (χ1n) is 13.2. The van der Waals surface area contributed by atoms with Gasteiger partial charge in [-0.05, 0) is 47.5 Å². The first-order valence-corrected chi connectivity index (χ1v) is 14.3. The average Bonchev–Trinajstić information content (AvgIpc) is 3.42. The van der Waals surface area contributed by atoms with Crippen molar-refractivity contribution in [3.8, 4) is 0 Å². The van der Waals surface area contributed by atoms with Crippen LogP contribution in [0, 0.1) is 0 Å². The lowest BCUT2D eigenvalue weighted by Crippen LogP contribution is -2.61. The highest BCUT2D eigenvalue weighted by atomic mass is 35.5. The molecule has 3 heterocycles. The summed E-state index contributed by atoms with van der Waals surface area (Å²) in [6.45, 7) is 3.35. The molecular formula is C30H27Cl3N4O3. The Bertz CT molecular complexity index is 1540. The van der Waals surface area contributed by atoms with Crippen LogP contribution < -0.4 is 10.2 Å². The van der Waals surface area contributed by atoms with Gasteiger partial charge < -0.3 is 20.0 Å². The molecule has 3 aliphatic heterocycles. The summed E-state index contributed by atoms with van der Waals surface area (Å²) in [5.41, 5.74) is 2.59. The van der Waals surface area contributed by atoms with Gasteiger partial charge in [-0.25, -0.2) is 0 Å². The Morgan fingerprint density at radius 2 is 1.57 bits per heavy atom. The third-order valence-corrected chi connectivity index (χ3v) is 8.87. The second-order valence-electron chi connectivity index (χ2n) is 10.5. The molecule has 0 aromatic heterocycles. The fourth-order valence-electron chi connectivity index (χ4n) is 6.29. The molecule has 7 nitrogen and oxygen atoms in total. The van der Waals surface area contributed by atoms with Gasteiger partial charge >= 0.3 is 0 Å². The van der Waals surface area contributed by atoms with E-state index in [0.717, 1.165) is 22.4 Å². The van der Waals surface area contributed by atoms with Gasteiger partial charge in [-0.15, -0.1) is 0 Å². The Labute approximate surface area is 247 Å². The molecule has 0 saturated carbocycles. The van der Waals surface area contributed by atoms with Crippen molar-refractivity contribution < 1.29 is 14.4 Å². The minimum absolute atomic E-state index is 0.00462. The van der Waals surface area contributed by atoms with Gasteiger partial charge in [0.25, 0.3) is 5.91 Å². The summed E-state index contributed by atoms with van der Waals surface area (Å²) < 4.78 is 0. The van der Waals surface area contributed by atoms with Crippen molar-refractivity contribution in [3.05, 3.63) is 92.4 Å². The summed E-state index contributed by atoms with van der Waals surface area (Å²) in [5, 5.41) is 4.61. The number of carbonyl (C=O) groups excluding carboxylic acids is 3. The Morgan fingerprint density at radius 3 is 2.30 bits per heavy atom. The van der Waals surface area contributed by atoms with Crippen LogP contribution in [0.5, 0.6) is 0 Å². The zero-order valence-corrected chi connectivity index (χ0v) is 24.1. The molecule has 1 fully saturated rings. The van der Waals surface area contributed by atoms with E-state index in [-0.39, 0.29) is 24.1 Å². The summed E-state index contributed by atoms with van der Waals surface area (Å²) in [7, 11) is 0. The molecule has 3 amide bonds. The number of benzene rings is 3. The van der Waals surface area contributed by atoms with Crippen LogP contribution in [0.2, 0.25) is 15.1 Å². The summed E-state index contributed by atoms with van der Waals surface area (Å²) in [6.07, 6.45) is 0.688. The van der Waals surface area contributed by atoms with Crippen molar-refractivity contribution in [1.82, 2.24) is 9.80 Å². The Kier molecular flexibility index (Phi) is 6.93. The summed E-state index contributed by atoms with van der Waals surface area (Å²) >= 11 is 19.2. The van der Waals surface area contributed by atoms with Crippen molar-refractivity contribution in [3.63, 3.8) is 0 Å². The fourth-order valence-corrected chi connectivity index (χ4v) is 6.85. The van der Waals surface area contributed by atoms with E-state index in [0.29, 0.717) is 53.4 Å². The van der Waals surface area contributed by atoms with E-state index in [2.05, 4.69) is 5.32 Å². The molecule has 1 N–H and O–H groups in total. The molecule has 40 heavy (non-hydrogen) atoms. The Balaban J connectivity index is 1.50. The second-order valence-corrected chi connectivity index (χ2v) is 11.8. The van der Waals surface area contributed by atoms with Crippen LogP contribution in [0.15, 0.2) is 60.7 Å². The lowest BCUT2D eigenvalue weighted by molar-refractivity contribution is -0.139. The molecule has 0 radical (unpaired) electrons. The van der Waals surface area contributed by atoms with Gasteiger partial charge in [0.1, 0.15) is 6.04 Å². The molecule has 10 heteroatoms. The van der Waals surface area contributed by atoms with Crippen LogP contribution in [0.25, 0.3) is 0 Å². The van der Waals surface area contributed by atoms with Crippen molar-refractivity contribution in [2.75, 3.05) is 36.4 Å². The van der Waals surface area contributed by atoms with E-state index in [1.807, 2.05) is 47.4 Å². The van der Waals surface area contributed by atoms with Gasteiger partial charge in [0.2, 0.25) is 11.8 Å². The Morgan fingerprint density at radius 1 is 0.900 bits per heavy atom. The molecule has 0 bridgehead atoms. The van der Waals surface area contributed by atoms with E-state index in [1.54, 1.807) is 34.9 Å². The number of nitrogens with one attached hydrogen (secondary N) is 1. The van der Waals surface area contributed by atoms with E-state index in [9.17, 15) is 14.4 Å². The normalized spacial score (nSPS) is 21.8. The van der Waals surface area contributed by atoms with Crippen molar-refractivity contribution in [1.29, 1.82) is 0 Å². The maximum atomic E-state index is 14.3. The van der Waals surface area contributed by atoms with Gasteiger partial charge in [0.15, 0.2) is 5.54 Å². The highest BCUT2D eigenvalue weighted by Gasteiger charge is 2.57. The molecule has 6 rings (SSSR count). The van der Waals surface area contributed by atoms with E-state index >= 15 is 0 Å². The standard InChI is InChI=1S/C30H27Cl3N4O3/c1-18(38)35-9-11-36(12-10-35)28(39)27-14-20-5-6-23(33)16-26(20)37(27)30(17-19-3-2-4-21(31)13-19)24-8-7-22(32)15-25(24)34-29(30)40/h2-8,13,15-16,27H,9-12,14,17H2,1H3,(H,34,40). The fraction of sp³-hybridized carbons (Fsp3) is 0.300. The number of carbonyl (C=O) groups is 3.